The molecule has 2 aromatic carbocycles. The van der Waals surface area contributed by atoms with Gasteiger partial charge >= 0.3 is 12.1 Å². The number of hydrogen-bond donors (Lipinski definition) is 1. The van der Waals surface area contributed by atoms with E-state index in [9.17, 15) is 9.59 Å². The molecule has 0 unspecified atom stereocenters. The fourth-order valence-electron chi connectivity index (χ4n) is 6.09. The molecule has 1 heterocycles. The van der Waals surface area contributed by atoms with Gasteiger partial charge in [-0.25, -0.2) is 9.59 Å². The van der Waals surface area contributed by atoms with Gasteiger partial charge in [0.25, 0.3) is 0 Å². The Bertz CT molecular complexity index is 1160. The number of benzene rings is 2. The van der Waals surface area contributed by atoms with E-state index in [2.05, 4.69) is 57.3 Å². The maximum Gasteiger partial charge on any atom is 0.407 e. The normalized spacial score (nSPS) is 19.2. The predicted molar refractivity (Wildman–Crippen MR) is 152 cm³/mol. The van der Waals surface area contributed by atoms with Crippen LogP contribution in [0.25, 0.3) is 11.1 Å². The second kappa shape index (κ2) is 10.3. The lowest BCUT2D eigenvalue weighted by atomic mass is 9.79. The van der Waals surface area contributed by atoms with Crippen molar-refractivity contribution in [3.8, 4) is 11.1 Å². The summed E-state index contributed by atoms with van der Waals surface area (Å²) in [6.45, 7) is 17.5. The molecule has 0 saturated carbocycles. The number of esters is 1. The minimum atomic E-state index is -1.17. The first-order chi connectivity index (χ1) is 18.0. The summed E-state index contributed by atoms with van der Waals surface area (Å²) >= 11 is 0. The van der Waals surface area contributed by atoms with E-state index >= 15 is 0 Å². The first-order valence-electron chi connectivity index (χ1n) is 13.8. The summed E-state index contributed by atoms with van der Waals surface area (Å²) in [6, 6.07) is 16.5. The molecule has 1 aliphatic heterocycles. The fourth-order valence-corrected chi connectivity index (χ4v) is 6.09. The largest absolute Gasteiger partial charge is 0.458 e. The molecule has 7 nitrogen and oxygen atoms in total. The number of carbonyl (C=O) groups is 2. The summed E-state index contributed by atoms with van der Waals surface area (Å²) in [6.07, 6.45) is 0.840. The molecule has 2 aliphatic rings. The minimum absolute atomic E-state index is 0.0152. The van der Waals surface area contributed by atoms with E-state index in [4.69, 9.17) is 14.3 Å². The van der Waals surface area contributed by atoms with E-state index in [1.165, 1.54) is 22.3 Å². The molecule has 4 rings (SSSR count). The number of nitrogens with one attached hydrogen (secondary N) is 1. The zero-order valence-electron chi connectivity index (χ0n) is 24.9. The lowest BCUT2D eigenvalue weighted by molar-refractivity contribution is -0.328. The SMILES string of the molecule is CC(C)(C)OC(=O)C(C)(C)ON1C(C)(C)CC(NC(=O)OCC2c3ccccc3-c3ccccc32)CC1(C)C. The zero-order valence-corrected chi connectivity index (χ0v) is 24.9. The van der Waals surface area contributed by atoms with Gasteiger partial charge in [-0.3, -0.25) is 4.84 Å². The van der Waals surface area contributed by atoms with Crippen LogP contribution in [0.3, 0.4) is 0 Å². The van der Waals surface area contributed by atoms with Gasteiger partial charge < -0.3 is 14.8 Å². The Morgan fingerprint density at radius 3 is 1.85 bits per heavy atom. The Morgan fingerprint density at radius 2 is 1.36 bits per heavy atom. The summed E-state index contributed by atoms with van der Waals surface area (Å²) < 4.78 is 11.4. The van der Waals surface area contributed by atoms with Crippen LogP contribution in [0, 0.1) is 0 Å². The maximum atomic E-state index is 13.0. The van der Waals surface area contributed by atoms with Crippen LogP contribution in [0.2, 0.25) is 0 Å². The molecule has 1 amide bonds. The monoisotopic (exact) mass is 536 g/mol. The van der Waals surface area contributed by atoms with Crippen molar-refractivity contribution in [2.24, 2.45) is 0 Å². The highest BCUT2D eigenvalue weighted by Gasteiger charge is 2.50. The molecule has 0 radical (unpaired) electrons. The van der Waals surface area contributed by atoms with Gasteiger partial charge in [0.1, 0.15) is 12.2 Å². The number of ether oxygens (including phenoxy) is 2. The van der Waals surface area contributed by atoms with Gasteiger partial charge in [0.15, 0.2) is 5.60 Å². The number of hydrogen-bond acceptors (Lipinski definition) is 6. The van der Waals surface area contributed by atoms with Crippen molar-refractivity contribution in [1.29, 1.82) is 0 Å². The number of carbonyl (C=O) groups excluding carboxylic acids is 2. The fraction of sp³-hybridized carbons (Fsp3) is 0.562. The highest BCUT2D eigenvalue weighted by molar-refractivity contribution is 5.79. The smallest absolute Gasteiger partial charge is 0.407 e. The van der Waals surface area contributed by atoms with Gasteiger partial charge in [-0.15, -0.1) is 0 Å². The summed E-state index contributed by atoms with van der Waals surface area (Å²) in [4.78, 5) is 32.2. The molecular formula is C32H44N2O5. The van der Waals surface area contributed by atoms with Gasteiger partial charge in [-0.05, 0) is 97.4 Å². The van der Waals surface area contributed by atoms with E-state index in [1.54, 1.807) is 13.8 Å². The van der Waals surface area contributed by atoms with Crippen molar-refractivity contribution in [3.63, 3.8) is 0 Å². The van der Waals surface area contributed by atoms with E-state index in [1.807, 2.05) is 50.1 Å². The molecule has 1 fully saturated rings. The molecular weight excluding hydrogens is 492 g/mol. The van der Waals surface area contributed by atoms with Crippen molar-refractivity contribution in [1.82, 2.24) is 10.4 Å². The number of alkyl carbamates (subject to hydrolysis) is 1. The lowest BCUT2D eigenvalue weighted by Crippen LogP contribution is -2.66. The third-order valence-electron chi connectivity index (χ3n) is 7.47. The van der Waals surface area contributed by atoms with Crippen molar-refractivity contribution >= 4 is 12.1 Å². The number of hydroxylamine groups is 2. The van der Waals surface area contributed by atoms with Crippen LogP contribution in [0.5, 0.6) is 0 Å². The van der Waals surface area contributed by atoms with Crippen LogP contribution in [0.15, 0.2) is 48.5 Å². The van der Waals surface area contributed by atoms with Crippen molar-refractivity contribution in [2.75, 3.05) is 6.61 Å². The van der Waals surface area contributed by atoms with E-state index in [0.717, 1.165) is 0 Å². The third kappa shape index (κ3) is 6.30. The van der Waals surface area contributed by atoms with Gasteiger partial charge in [-0.2, -0.15) is 5.06 Å². The van der Waals surface area contributed by atoms with Crippen LogP contribution >= 0.6 is 0 Å². The van der Waals surface area contributed by atoms with Crippen molar-refractivity contribution in [3.05, 3.63) is 59.7 Å². The Balaban J connectivity index is 1.40. The Kier molecular flexibility index (Phi) is 7.65. The molecule has 0 aromatic heterocycles. The minimum Gasteiger partial charge on any atom is -0.458 e. The molecule has 1 N–H and O–H groups in total. The molecule has 0 spiro atoms. The summed E-state index contributed by atoms with van der Waals surface area (Å²) in [5.74, 6) is -0.401. The van der Waals surface area contributed by atoms with Gasteiger partial charge in [-0.1, -0.05) is 48.5 Å². The first-order valence-corrected chi connectivity index (χ1v) is 13.8. The van der Waals surface area contributed by atoms with Crippen LogP contribution in [0.4, 0.5) is 4.79 Å². The second-order valence-electron chi connectivity index (χ2n) is 13.6. The summed E-state index contributed by atoms with van der Waals surface area (Å²) in [5, 5.41) is 5.01. The first kappa shape index (κ1) is 29.1. The lowest BCUT2D eigenvalue weighted by Gasteiger charge is -2.55. The molecule has 0 bridgehead atoms. The average Bonchev–Trinajstić information content (AvgIpc) is 3.12. The standard InChI is InChI=1S/C32H44N2O5/c1-29(2,3)38-27(35)32(8,9)39-34-30(4,5)18-21(19-31(34,6)7)33-28(36)37-20-26-24-16-12-10-14-22(24)23-15-11-13-17-25(23)26/h10-17,21,26H,18-20H2,1-9H3,(H,33,36). The molecule has 39 heavy (non-hydrogen) atoms. The van der Waals surface area contributed by atoms with Crippen molar-refractivity contribution in [2.45, 2.75) is 109 Å². The van der Waals surface area contributed by atoms with Gasteiger partial charge in [0.05, 0.1) is 0 Å². The molecule has 0 atom stereocenters. The van der Waals surface area contributed by atoms with Crippen LogP contribution < -0.4 is 5.32 Å². The van der Waals surface area contributed by atoms with Crippen LogP contribution in [-0.4, -0.2) is 52.1 Å². The average molecular weight is 537 g/mol. The summed E-state index contributed by atoms with van der Waals surface area (Å²) in [7, 11) is 0. The van der Waals surface area contributed by atoms with E-state index in [-0.39, 0.29) is 18.6 Å². The van der Waals surface area contributed by atoms with Crippen LogP contribution in [-0.2, 0) is 19.1 Å². The van der Waals surface area contributed by atoms with Gasteiger partial charge in [0.2, 0.25) is 0 Å². The number of fused-ring (bicyclic) bond motifs is 3. The molecule has 212 valence electrons. The Hall–Kier alpha value is -2.90. The van der Waals surface area contributed by atoms with Crippen molar-refractivity contribution < 1.29 is 23.9 Å². The molecule has 7 heteroatoms. The van der Waals surface area contributed by atoms with E-state index in [0.29, 0.717) is 12.8 Å². The highest BCUT2D eigenvalue weighted by atomic mass is 16.7. The number of nitrogens with zero attached hydrogens (tertiary/aromatic N) is 1. The quantitative estimate of drug-likeness (QED) is 0.419. The second-order valence-corrected chi connectivity index (χ2v) is 13.6. The predicted octanol–water partition coefficient (Wildman–Crippen LogP) is 6.60. The highest BCUT2D eigenvalue weighted by Crippen LogP contribution is 2.45. The topological polar surface area (TPSA) is 77.1 Å². The molecule has 1 saturated heterocycles. The Morgan fingerprint density at radius 1 is 0.872 bits per heavy atom. The summed E-state index contributed by atoms with van der Waals surface area (Å²) in [5.41, 5.74) is 2.06. The number of amides is 1. The van der Waals surface area contributed by atoms with Gasteiger partial charge in [0, 0.05) is 23.0 Å². The number of piperidine rings is 1. The molecule has 2 aromatic rings. The molecule has 1 aliphatic carbocycles. The zero-order chi connectivity index (χ0) is 28.8. The number of rotatable bonds is 6. The van der Waals surface area contributed by atoms with Crippen LogP contribution in [0.1, 0.15) is 92.2 Å². The Labute approximate surface area is 233 Å². The maximum absolute atomic E-state index is 13.0. The van der Waals surface area contributed by atoms with E-state index < -0.39 is 34.3 Å². The third-order valence-corrected chi connectivity index (χ3v) is 7.47.